The SMILES string of the molecule is CCCCCCN1CNN=C1CNc1ccc(OC)cc1. The molecule has 0 saturated heterocycles. The number of hydrazone groups is 1. The first-order valence-corrected chi connectivity index (χ1v) is 7.75. The van der Waals surface area contributed by atoms with Crippen molar-refractivity contribution in [2.75, 3.05) is 32.2 Å². The molecule has 1 aromatic rings. The van der Waals surface area contributed by atoms with Crippen molar-refractivity contribution in [2.45, 2.75) is 32.6 Å². The highest BCUT2D eigenvalue weighted by atomic mass is 16.5. The molecular formula is C16H26N4O. The Bertz CT molecular complexity index is 444. The molecule has 2 rings (SSSR count). The molecule has 0 radical (unpaired) electrons. The molecule has 0 amide bonds. The van der Waals surface area contributed by atoms with E-state index >= 15 is 0 Å². The molecule has 0 saturated carbocycles. The Hall–Kier alpha value is -1.91. The summed E-state index contributed by atoms with van der Waals surface area (Å²) in [6.45, 7) is 4.89. The molecule has 0 aromatic heterocycles. The fourth-order valence-corrected chi connectivity index (χ4v) is 2.35. The lowest BCUT2D eigenvalue weighted by Crippen LogP contribution is -2.34. The molecule has 0 unspecified atom stereocenters. The highest BCUT2D eigenvalue weighted by Gasteiger charge is 2.15. The molecule has 2 N–H and O–H groups in total. The van der Waals surface area contributed by atoms with E-state index in [-0.39, 0.29) is 0 Å². The van der Waals surface area contributed by atoms with Gasteiger partial charge in [-0.25, -0.2) is 0 Å². The van der Waals surface area contributed by atoms with Gasteiger partial charge in [0.15, 0.2) is 0 Å². The fourth-order valence-electron chi connectivity index (χ4n) is 2.35. The van der Waals surface area contributed by atoms with Gasteiger partial charge in [-0.3, -0.25) is 5.43 Å². The Kier molecular flexibility index (Phi) is 6.19. The van der Waals surface area contributed by atoms with E-state index in [1.807, 2.05) is 24.3 Å². The molecule has 5 nitrogen and oxygen atoms in total. The van der Waals surface area contributed by atoms with E-state index in [4.69, 9.17) is 4.74 Å². The number of nitrogens with one attached hydrogen (secondary N) is 2. The third-order valence-corrected chi connectivity index (χ3v) is 3.66. The number of unbranched alkanes of at least 4 members (excludes halogenated alkanes) is 3. The highest BCUT2D eigenvalue weighted by Crippen LogP contribution is 2.15. The predicted octanol–water partition coefficient (Wildman–Crippen LogP) is 2.86. The summed E-state index contributed by atoms with van der Waals surface area (Å²) in [7, 11) is 1.68. The zero-order chi connectivity index (χ0) is 14.9. The molecule has 1 heterocycles. The number of rotatable bonds is 9. The van der Waals surface area contributed by atoms with Gasteiger partial charge in [0.1, 0.15) is 18.3 Å². The second-order valence-electron chi connectivity index (χ2n) is 5.25. The van der Waals surface area contributed by atoms with Crippen molar-refractivity contribution in [1.82, 2.24) is 10.3 Å². The summed E-state index contributed by atoms with van der Waals surface area (Å²) in [5, 5.41) is 7.77. The Morgan fingerprint density at radius 2 is 2.05 bits per heavy atom. The van der Waals surface area contributed by atoms with Crippen LogP contribution in [0.4, 0.5) is 5.69 Å². The van der Waals surface area contributed by atoms with Gasteiger partial charge < -0.3 is 15.0 Å². The lowest BCUT2D eigenvalue weighted by atomic mass is 10.2. The first-order chi connectivity index (χ1) is 10.3. The zero-order valence-corrected chi connectivity index (χ0v) is 13.1. The van der Waals surface area contributed by atoms with E-state index in [1.54, 1.807) is 7.11 Å². The number of ether oxygens (including phenoxy) is 1. The highest BCUT2D eigenvalue weighted by molar-refractivity contribution is 5.87. The van der Waals surface area contributed by atoms with Gasteiger partial charge in [-0.05, 0) is 30.7 Å². The summed E-state index contributed by atoms with van der Waals surface area (Å²) in [5.41, 5.74) is 4.15. The van der Waals surface area contributed by atoms with Gasteiger partial charge >= 0.3 is 0 Å². The number of benzene rings is 1. The van der Waals surface area contributed by atoms with Crippen molar-refractivity contribution in [2.24, 2.45) is 5.10 Å². The number of hydrogen-bond donors (Lipinski definition) is 2. The van der Waals surface area contributed by atoms with Gasteiger partial charge in [0.2, 0.25) is 0 Å². The number of hydrogen-bond acceptors (Lipinski definition) is 5. The van der Waals surface area contributed by atoms with Crippen LogP contribution in [0.5, 0.6) is 5.75 Å². The van der Waals surface area contributed by atoms with Crippen molar-refractivity contribution in [1.29, 1.82) is 0 Å². The van der Waals surface area contributed by atoms with Crippen LogP contribution < -0.4 is 15.5 Å². The molecule has 5 heteroatoms. The number of methoxy groups -OCH3 is 1. The summed E-state index contributed by atoms with van der Waals surface area (Å²) in [5.74, 6) is 1.96. The second kappa shape index (κ2) is 8.39. The van der Waals surface area contributed by atoms with Gasteiger partial charge in [0.25, 0.3) is 0 Å². The topological polar surface area (TPSA) is 48.9 Å². The molecule has 1 aliphatic heterocycles. The lowest BCUT2D eigenvalue weighted by molar-refractivity contribution is 0.405. The van der Waals surface area contributed by atoms with E-state index in [0.717, 1.165) is 37.0 Å². The van der Waals surface area contributed by atoms with Gasteiger partial charge in [0.05, 0.1) is 13.7 Å². The van der Waals surface area contributed by atoms with Crippen LogP contribution in [0.1, 0.15) is 32.6 Å². The van der Waals surface area contributed by atoms with Gasteiger partial charge in [-0.2, -0.15) is 5.10 Å². The third kappa shape index (κ3) is 4.85. The Labute approximate surface area is 127 Å². The second-order valence-corrected chi connectivity index (χ2v) is 5.25. The standard InChI is InChI=1S/C16H26N4O/c1-3-4-5-6-11-20-13-18-19-16(20)12-17-14-7-9-15(21-2)10-8-14/h7-10,17-18H,3-6,11-13H2,1-2H3. The van der Waals surface area contributed by atoms with E-state index in [0.29, 0.717) is 0 Å². The monoisotopic (exact) mass is 290 g/mol. The van der Waals surface area contributed by atoms with Gasteiger partial charge in [-0.1, -0.05) is 26.2 Å². The van der Waals surface area contributed by atoms with Crippen LogP contribution in [-0.2, 0) is 0 Å². The average Bonchev–Trinajstić information content (AvgIpc) is 2.97. The summed E-state index contributed by atoms with van der Waals surface area (Å²) in [6, 6.07) is 7.96. The normalized spacial score (nSPS) is 13.8. The molecule has 0 atom stereocenters. The maximum atomic E-state index is 5.16. The molecule has 1 aliphatic rings. The van der Waals surface area contributed by atoms with E-state index in [1.165, 1.54) is 25.7 Å². The maximum absolute atomic E-state index is 5.16. The first-order valence-electron chi connectivity index (χ1n) is 7.75. The van der Waals surface area contributed by atoms with Crippen molar-refractivity contribution in [3.05, 3.63) is 24.3 Å². The average molecular weight is 290 g/mol. The van der Waals surface area contributed by atoms with Crippen LogP contribution in [-0.4, -0.2) is 37.6 Å². The maximum Gasteiger partial charge on any atom is 0.145 e. The smallest absolute Gasteiger partial charge is 0.145 e. The van der Waals surface area contributed by atoms with Crippen LogP contribution in [0.15, 0.2) is 29.4 Å². The number of nitrogens with zero attached hydrogens (tertiary/aromatic N) is 2. The van der Waals surface area contributed by atoms with Crippen LogP contribution in [0.3, 0.4) is 0 Å². The minimum Gasteiger partial charge on any atom is -0.497 e. The Morgan fingerprint density at radius 3 is 2.76 bits per heavy atom. The quantitative estimate of drug-likeness (QED) is 0.687. The van der Waals surface area contributed by atoms with Crippen molar-refractivity contribution < 1.29 is 4.74 Å². The molecule has 21 heavy (non-hydrogen) atoms. The van der Waals surface area contributed by atoms with Gasteiger partial charge in [0, 0.05) is 12.2 Å². The summed E-state index contributed by atoms with van der Waals surface area (Å²) >= 11 is 0. The largest absolute Gasteiger partial charge is 0.497 e. The molecular weight excluding hydrogens is 264 g/mol. The van der Waals surface area contributed by atoms with Crippen molar-refractivity contribution >= 4 is 11.5 Å². The molecule has 0 bridgehead atoms. The van der Waals surface area contributed by atoms with Crippen LogP contribution in [0, 0.1) is 0 Å². The van der Waals surface area contributed by atoms with Gasteiger partial charge in [-0.15, -0.1) is 0 Å². The molecule has 0 fully saturated rings. The van der Waals surface area contributed by atoms with Crippen molar-refractivity contribution in [3.63, 3.8) is 0 Å². The molecule has 116 valence electrons. The number of anilines is 1. The molecule has 1 aromatic carbocycles. The van der Waals surface area contributed by atoms with E-state index in [2.05, 4.69) is 27.7 Å². The summed E-state index contributed by atoms with van der Waals surface area (Å²) in [6.07, 6.45) is 5.12. The zero-order valence-electron chi connectivity index (χ0n) is 13.1. The fraction of sp³-hybridized carbons (Fsp3) is 0.562. The van der Waals surface area contributed by atoms with Crippen molar-refractivity contribution in [3.8, 4) is 5.75 Å². The summed E-state index contributed by atoms with van der Waals surface area (Å²) in [4.78, 5) is 2.31. The third-order valence-electron chi connectivity index (χ3n) is 3.66. The first kappa shape index (κ1) is 15.5. The predicted molar refractivity (Wildman–Crippen MR) is 87.8 cm³/mol. The van der Waals surface area contributed by atoms with E-state index < -0.39 is 0 Å². The van der Waals surface area contributed by atoms with E-state index in [9.17, 15) is 0 Å². The van der Waals surface area contributed by atoms with Crippen LogP contribution in [0.2, 0.25) is 0 Å². The molecule has 0 aliphatic carbocycles. The summed E-state index contributed by atoms with van der Waals surface area (Å²) < 4.78 is 5.16. The minimum atomic E-state index is 0.743. The Morgan fingerprint density at radius 1 is 1.24 bits per heavy atom. The number of amidine groups is 1. The Balaban J connectivity index is 1.75. The lowest BCUT2D eigenvalue weighted by Gasteiger charge is -2.19. The molecule has 0 spiro atoms. The van der Waals surface area contributed by atoms with Crippen LogP contribution >= 0.6 is 0 Å². The van der Waals surface area contributed by atoms with Crippen LogP contribution in [0.25, 0.3) is 0 Å². The minimum absolute atomic E-state index is 0.743.